The molecule has 1 aliphatic rings. The first-order chi connectivity index (χ1) is 14.3. The van der Waals surface area contributed by atoms with Gasteiger partial charge in [0, 0.05) is 9.26 Å². The summed E-state index contributed by atoms with van der Waals surface area (Å²) in [6.45, 7) is -0.601. The zero-order chi connectivity index (χ0) is 21.7. The number of hydrogen-bond acceptors (Lipinski definition) is 6. The zero-order valence-electron chi connectivity index (χ0n) is 15.5. The van der Waals surface area contributed by atoms with Crippen molar-refractivity contribution < 1.29 is 23.9 Å². The maximum Gasteiger partial charge on any atom is 0.294 e. The van der Waals surface area contributed by atoms with Gasteiger partial charge in [0.1, 0.15) is 12.3 Å². The number of imide groups is 1. The van der Waals surface area contributed by atoms with Gasteiger partial charge in [-0.3, -0.25) is 24.1 Å². The maximum absolute atomic E-state index is 12.6. The quantitative estimate of drug-likeness (QED) is 0.415. The Balaban J connectivity index is 1.62. The van der Waals surface area contributed by atoms with Crippen LogP contribution >= 0.6 is 34.4 Å². The molecular formula is C20H16IN3O5S. The Morgan fingerprint density at radius 3 is 2.40 bits per heavy atom. The van der Waals surface area contributed by atoms with Crippen molar-refractivity contribution in [1.29, 1.82) is 0 Å². The summed E-state index contributed by atoms with van der Waals surface area (Å²) in [6, 6.07) is 13.7. The van der Waals surface area contributed by atoms with Crippen molar-refractivity contribution in [2.45, 2.75) is 0 Å². The van der Waals surface area contributed by atoms with Crippen molar-refractivity contribution >= 4 is 69.1 Å². The third-order valence-corrected chi connectivity index (χ3v) is 5.49. The van der Waals surface area contributed by atoms with Gasteiger partial charge < -0.3 is 15.8 Å². The first-order valence-corrected chi connectivity index (χ1v) is 10.5. The Morgan fingerprint density at radius 1 is 1.10 bits per heavy atom. The van der Waals surface area contributed by atoms with Crippen LogP contribution in [0.25, 0.3) is 6.08 Å². The average Bonchev–Trinajstić information content (AvgIpc) is 2.96. The number of ether oxygens (including phenoxy) is 1. The highest BCUT2D eigenvalue weighted by Gasteiger charge is 2.36. The van der Waals surface area contributed by atoms with Gasteiger partial charge in [0.15, 0.2) is 6.61 Å². The molecule has 1 saturated heterocycles. The number of carbonyl (C=O) groups is 4. The summed E-state index contributed by atoms with van der Waals surface area (Å²) in [5.41, 5.74) is 6.27. The van der Waals surface area contributed by atoms with E-state index in [1.54, 1.807) is 42.5 Å². The minimum atomic E-state index is -0.584. The Morgan fingerprint density at radius 2 is 1.77 bits per heavy atom. The third-order valence-electron chi connectivity index (χ3n) is 3.86. The van der Waals surface area contributed by atoms with Gasteiger partial charge in [-0.2, -0.15) is 0 Å². The van der Waals surface area contributed by atoms with Crippen molar-refractivity contribution in [3.63, 3.8) is 0 Å². The topological polar surface area (TPSA) is 119 Å². The number of amides is 4. The summed E-state index contributed by atoms with van der Waals surface area (Å²) in [5.74, 6) is -1.13. The van der Waals surface area contributed by atoms with Crippen molar-refractivity contribution in [3.8, 4) is 5.75 Å². The van der Waals surface area contributed by atoms with Crippen LogP contribution in [-0.4, -0.2) is 41.0 Å². The molecule has 1 fully saturated rings. The number of hydrogen-bond donors (Lipinski definition) is 2. The largest absolute Gasteiger partial charge is 0.484 e. The Kier molecular flexibility index (Phi) is 7.11. The van der Waals surface area contributed by atoms with Crippen LogP contribution in [-0.2, 0) is 14.4 Å². The smallest absolute Gasteiger partial charge is 0.294 e. The summed E-state index contributed by atoms with van der Waals surface area (Å²) < 4.78 is 6.19. The normalized spacial score (nSPS) is 14.8. The molecule has 0 bridgehead atoms. The number of nitrogens with one attached hydrogen (secondary N) is 1. The molecule has 0 atom stereocenters. The van der Waals surface area contributed by atoms with Crippen LogP contribution in [0.4, 0.5) is 10.5 Å². The van der Waals surface area contributed by atoms with Gasteiger partial charge >= 0.3 is 0 Å². The van der Waals surface area contributed by atoms with Gasteiger partial charge in [-0.05, 0) is 82.4 Å². The van der Waals surface area contributed by atoms with Crippen molar-refractivity contribution in [3.05, 3.63) is 62.6 Å². The number of thioether (sulfide) groups is 1. The first-order valence-electron chi connectivity index (χ1n) is 8.64. The molecule has 0 unspecified atom stereocenters. The molecule has 0 aromatic heterocycles. The van der Waals surface area contributed by atoms with Gasteiger partial charge in [-0.25, -0.2) is 0 Å². The molecule has 154 valence electrons. The van der Waals surface area contributed by atoms with Crippen LogP contribution in [0, 0.1) is 3.57 Å². The molecule has 0 aliphatic carbocycles. The lowest BCUT2D eigenvalue weighted by molar-refractivity contribution is -0.127. The van der Waals surface area contributed by atoms with E-state index < -0.39 is 23.0 Å². The lowest BCUT2D eigenvalue weighted by Gasteiger charge is -2.12. The van der Waals surface area contributed by atoms with Gasteiger partial charge in [0.2, 0.25) is 5.91 Å². The Hall–Kier alpha value is -2.86. The highest BCUT2D eigenvalue weighted by molar-refractivity contribution is 14.1. The molecule has 30 heavy (non-hydrogen) atoms. The number of anilines is 1. The second-order valence-corrected chi connectivity index (χ2v) is 8.39. The van der Waals surface area contributed by atoms with E-state index in [9.17, 15) is 19.2 Å². The molecule has 2 aromatic carbocycles. The Labute approximate surface area is 190 Å². The fourth-order valence-corrected chi connectivity index (χ4v) is 3.68. The summed E-state index contributed by atoms with van der Waals surface area (Å²) in [7, 11) is 0. The highest BCUT2D eigenvalue weighted by Crippen LogP contribution is 2.32. The van der Waals surface area contributed by atoms with Gasteiger partial charge in [0.05, 0.1) is 4.91 Å². The average molecular weight is 537 g/mol. The highest BCUT2D eigenvalue weighted by atomic mass is 127. The number of nitrogens with two attached hydrogens (primary N) is 1. The molecule has 3 N–H and O–H groups in total. The summed E-state index contributed by atoms with van der Waals surface area (Å²) in [5, 5.41) is 2.16. The number of benzene rings is 2. The second kappa shape index (κ2) is 9.76. The molecule has 0 spiro atoms. The van der Waals surface area contributed by atoms with Gasteiger partial charge in [-0.15, -0.1) is 0 Å². The van der Waals surface area contributed by atoms with E-state index in [4.69, 9.17) is 10.5 Å². The number of primary amides is 1. The minimum Gasteiger partial charge on any atom is -0.484 e. The van der Waals surface area contributed by atoms with Crippen molar-refractivity contribution in [1.82, 2.24) is 4.90 Å². The molecule has 10 heteroatoms. The van der Waals surface area contributed by atoms with Crippen LogP contribution < -0.4 is 15.8 Å². The molecule has 8 nitrogen and oxygen atoms in total. The molecule has 3 rings (SSSR count). The first kappa shape index (κ1) is 21.8. The SMILES string of the molecule is NC(=O)COc1ccc(/C=C2\SC(=O)N(CC(=O)Nc3ccc(I)cc3)C2=O)cc1. The molecule has 0 saturated carbocycles. The van der Waals surface area contributed by atoms with Crippen molar-refractivity contribution in [2.24, 2.45) is 5.73 Å². The molecule has 0 radical (unpaired) electrons. The fourth-order valence-electron chi connectivity index (χ4n) is 2.48. The van der Waals surface area contributed by atoms with Crippen LogP contribution in [0.15, 0.2) is 53.4 Å². The number of carbonyl (C=O) groups excluding carboxylic acids is 4. The zero-order valence-corrected chi connectivity index (χ0v) is 18.4. The van der Waals surface area contributed by atoms with Gasteiger partial charge in [0.25, 0.3) is 17.1 Å². The molecule has 1 aliphatic heterocycles. The second-order valence-electron chi connectivity index (χ2n) is 6.15. The predicted molar refractivity (Wildman–Crippen MR) is 122 cm³/mol. The molecule has 1 heterocycles. The molecule has 4 amide bonds. The molecule has 2 aromatic rings. The number of halogens is 1. The van der Waals surface area contributed by atoms with Crippen molar-refractivity contribution in [2.75, 3.05) is 18.5 Å². The van der Waals surface area contributed by atoms with Gasteiger partial charge in [-0.1, -0.05) is 12.1 Å². The van der Waals surface area contributed by atoms with E-state index in [1.165, 1.54) is 0 Å². The predicted octanol–water partition coefficient (Wildman–Crippen LogP) is 2.83. The van der Waals surface area contributed by atoms with Crippen LogP contribution in [0.5, 0.6) is 5.75 Å². The summed E-state index contributed by atoms with van der Waals surface area (Å²) in [6.07, 6.45) is 1.56. The van der Waals surface area contributed by atoms with E-state index in [0.29, 0.717) is 17.0 Å². The monoisotopic (exact) mass is 537 g/mol. The van der Waals surface area contributed by atoms with Crippen LogP contribution in [0.1, 0.15) is 5.56 Å². The molecular weight excluding hydrogens is 521 g/mol. The number of nitrogens with zero attached hydrogens (tertiary/aromatic N) is 1. The Bertz CT molecular complexity index is 1020. The lowest BCUT2D eigenvalue weighted by Crippen LogP contribution is -2.36. The van der Waals surface area contributed by atoms with E-state index in [-0.39, 0.29) is 18.1 Å². The van der Waals surface area contributed by atoms with Crippen LogP contribution in [0.2, 0.25) is 0 Å². The van der Waals surface area contributed by atoms with E-state index in [2.05, 4.69) is 27.9 Å². The lowest BCUT2D eigenvalue weighted by atomic mass is 10.2. The summed E-state index contributed by atoms with van der Waals surface area (Å²) >= 11 is 2.92. The maximum atomic E-state index is 12.6. The summed E-state index contributed by atoms with van der Waals surface area (Å²) in [4.78, 5) is 48.8. The van der Waals surface area contributed by atoms with E-state index in [1.807, 2.05) is 12.1 Å². The standard InChI is InChI=1S/C20H16IN3O5S/c21-13-3-5-14(6-4-13)23-18(26)10-24-19(27)16(30-20(24)28)9-12-1-7-15(8-2-12)29-11-17(22)25/h1-9H,10-11H2,(H2,22,25)(H,23,26)/b16-9-. The minimum absolute atomic E-state index is 0.216. The fraction of sp³-hybridized carbons (Fsp3) is 0.100. The van der Waals surface area contributed by atoms with E-state index >= 15 is 0 Å². The number of rotatable bonds is 7. The van der Waals surface area contributed by atoms with E-state index in [0.717, 1.165) is 20.2 Å². The third kappa shape index (κ3) is 5.83. The van der Waals surface area contributed by atoms with Crippen LogP contribution in [0.3, 0.4) is 0 Å².